The van der Waals surface area contributed by atoms with Crippen LogP contribution in [-0.2, 0) is 12.8 Å². The largest absolute Gasteiger partial charge is 0.392 e. The summed E-state index contributed by atoms with van der Waals surface area (Å²) in [6.07, 6.45) is 0.530. The van der Waals surface area contributed by atoms with Gasteiger partial charge < -0.3 is 5.11 Å². The van der Waals surface area contributed by atoms with E-state index in [0.29, 0.717) is 5.56 Å². The Morgan fingerprint density at radius 2 is 2.05 bits per heavy atom. The van der Waals surface area contributed by atoms with Gasteiger partial charge in [0.2, 0.25) is 0 Å². The third kappa shape index (κ3) is 2.71. The molecule has 20 heavy (non-hydrogen) atoms. The minimum Gasteiger partial charge on any atom is -0.392 e. The van der Waals surface area contributed by atoms with Gasteiger partial charge in [-0.2, -0.15) is 0 Å². The highest BCUT2D eigenvalue weighted by Crippen LogP contribution is 2.39. The van der Waals surface area contributed by atoms with E-state index in [1.165, 1.54) is 16.5 Å². The Balaban J connectivity index is 1.72. The Morgan fingerprint density at radius 3 is 2.85 bits per heavy atom. The lowest BCUT2D eigenvalue weighted by Gasteiger charge is -2.17. The van der Waals surface area contributed by atoms with Gasteiger partial charge in [0.05, 0.1) is 11.1 Å². The molecular weight excluding hydrogens is 295 g/mol. The molecule has 2 atom stereocenters. The van der Waals surface area contributed by atoms with E-state index in [4.69, 9.17) is 11.6 Å². The van der Waals surface area contributed by atoms with Crippen LogP contribution in [0.5, 0.6) is 0 Å². The molecule has 2 aromatic carbocycles. The summed E-state index contributed by atoms with van der Waals surface area (Å²) in [6.45, 7) is 0. The van der Waals surface area contributed by atoms with Crippen molar-refractivity contribution in [1.82, 2.24) is 0 Å². The van der Waals surface area contributed by atoms with E-state index in [2.05, 4.69) is 12.1 Å². The van der Waals surface area contributed by atoms with Crippen molar-refractivity contribution in [3.8, 4) is 0 Å². The molecule has 0 aromatic heterocycles. The second-order valence-electron chi connectivity index (χ2n) is 4.95. The van der Waals surface area contributed by atoms with Gasteiger partial charge in [0, 0.05) is 16.6 Å². The van der Waals surface area contributed by atoms with Gasteiger partial charge in [0.1, 0.15) is 5.82 Å². The van der Waals surface area contributed by atoms with Crippen molar-refractivity contribution in [2.45, 2.75) is 29.1 Å². The first-order chi connectivity index (χ1) is 9.65. The standard InChI is InChI=1S/C16H14ClFOS/c17-12-6-3-5-11(16(12)18)8-13(19)15-9-10-4-1-2-7-14(10)20-15/h1-7,13,15,19H,8-9H2. The van der Waals surface area contributed by atoms with Crippen LogP contribution in [-0.4, -0.2) is 16.5 Å². The van der Waals surface area contributed by atoms with Crippen LogP contribution in [0.3, 0.4) is 0 Å². The fourth-order valence-corrected chi connectivity index (χ4v) is 3.98. The number of benzene rings is 2. The predicted octanol–water partition coefficient (Wildman–Crippen LogP) is 4.10. The Labute approximate surface area is 126 Å². The zero-order chi connectivity index (χ0) is 14.1. The quantitative estimate of drug-likeness (QED) is 0.921. The molecule has 0 bridgehead atoms. The molecule has 1 N–H and O–H groups in total. The van der Waals surface area contributed by atoms with Crippen molar-refractivity contribution in [2.24, 2.45) is 0 Å². The molecule has 104 valence electrons. The number of aliphatic hydroxyl groups excluding tert-OH is 1. The fraction of sp³-hybridized carbons (Fsp3) is 0.250. The molecule has 2 unspecified atom stereocenters. The van der Waals surface area contributed by atoms with Gasteiger partial charge in [-0.05, 0) is 29.7 Å². The number of hydrogen-bond donors (Lipinski definition) is 1. The van der Waals surface area contributed by atoms with Crippen LogP contribution in [0.15, 0.2) is 47.4 Å². The summed E-state index contributed by atoms with van der Waals surface area (Å²) in [5.74, 6) is -0.422. The summed E-state index contributed by atoms with van der Waals surface area (Å²) in [4.78, 5) is 1.21. The summed E-state index contributed by atoms with van der Waals surface area (Å²) in [6, 6.07) is 13.1. The predicted molar refractivity (Wildman–Crippen MR) is 80.9 cm³/mol. The van der Waals surface area contributed by atoms with Crippen LogP contribution in [0.4, 0.5) is 4.39 Å². The van der Waals surface area contributed by atoms with Gasteiger partial charge in [0.15, 0.2) is 0 Å². The molecule has 2 aromatic rings. The monoisotopic (exact) mass is 308 g/mol. The topological polar surface area (TPSA) is 20.2 Å². The van der Waals surface area contributed by atoms with Crippen molar-refractivity contribution in [3.63, 3.8) is 0 Å². The highest BCUT2D eigenvalue weighted by molar-refractivity contribution is 8.00. The summed E-state index contributed by atoms with van der Waals surface area (Å²) in [7, 11) is 0. The van der Waals surface area contributed by atoms with Gasteiger partial charge in [-0.25, -0.2) is 4.39 Å². The van der Waals surface area contributed by atoms with E-state index < -0.39 is 11.9 Å². The van der Waals surface area contributed by atoms with Crippen molar-refractivity contribution in [3.05, 3.63) is 64.4 Å². The molecule has 0 radical (unpaired) electrons. The van der Waals surface area contributed by atoms with E-state index in [1.54, 1.807) is 23.9 Å². The first-order valence-electron chi connectivity index (χ1n) is 6.50. The third-order valence-corrected chi connectivity index (χ3v) is 5.29. The van der Waals surface area contributed by atoms with Crippen LogP contribution in [0.2, 0.25) is 5.02 Å². The molecule has 0 saturated carbocycles. The van der Waals surface area contributed by atoms with Crippen LogP contribution < -0.4 is 0 Å². The number of hydrogen-bond acceptors (Lipinski definition) is 2. The van der Waals surface area contributed by atoms with Crippen molar-refractivity contribution in [1.29, 1.82) is 0 Å². The molecule has 0 aliphatic carbocycles. The maximum Gasteiger partial charge on any atom is 0.145 e. The highest BCUT2D eigenvalue weighted by Gasteiger charge is 2.28. The molecule has 3 rings (SSSR count). The number of halogens is 2. The molecular formula is C16H14ClFOS. The Kier molecular flexibility index (Phi) is 4.01. The lowest BCUT2D eigenvalue weighted by atomic mass is 10.0. The molecule has 0 saturated heterocycles. The Bertz CT molecular complexity index is 607. The average Bonchev–Trinajstić information content (AvgIpc) is 2.88. The first-order valence-corrected chi connectivity index (χ1v) is 7.76. The van der Waals surface area contributed by atoms with Crippen LogP contribution in [0, 0.1) is 5.82 Å². The zero-order valence-electron chi connectivity index (χ0n) is 10.7. The van der Waals surface area contributed by atoms with E-state index in [9.17, 15) is 9.50 Å². The molecule has 1 aliphatic heterocycles. The van der Waals surface area contributed by atoms with E-state index in [-0.39, 0.29) is 16.7 Å². The minimum atomic E-state index is -0.583. The fourth-order valence-electron chi connectivity index (χ4n) is 2.49. The smallest absolute Gasteiger partial charge is 0.145 e. The van der Waals surface area contributed by atoms with Gasteiger partial charge in [-0.15, -0.1) is 11.8 Å². The molecule has 1 aliphatic rings. The van der Waals surface area contributed by atoms with Gasteiger partial charge in [0.25, 0.3) is 0 Å². The highest BCUT2D eigenvalue weighted by atomic mass is 35.5. The van der Waals surface area contributed by atoms with Gasteiger partial charge in [-0.3, -0.25) is 0 Å². The normalized spacial score (nSPS) is 18.9. The summed E-state index contributed by atoms with van der Waals surface area (Å²) in [5, 5.41) is 10.5. The maximum absolute atomic E-state index is 13.9. The van der Waals surface area contributed by atoms with Crippen LogP contribution in [0.1, 0.15) is 11.1 Å². The lowest BCUT2D eigenvalue weighted by molar-refractivity contribution is 0.171. The number of rotatable bonds is 3. The number of thioether (sulfide) groups is 1. The second-order valence-corrected chi connectivity index (χ2v) is 6.64. The van der Waals surface area contributed by atoms with Crippen molar-refractivity contribution < 1.29 is 9.50 Å². The molecule has 1 nitrogen and oxygen atoms in total. The summed E-state index contributed by atoms with van der Waals surface area (Å²) < 4.78 is 13.9. The Morgan fingerprint density at radius 1 is 1.25 bits per heavy atom. The SMILES string of the molecule is OC(Cc1cccc(Cl)c1F)C1Cc2ccccc2S1. The molecule has 0 spiro atoms. The van der Waals surface area contributed by atoms with Gasteiger partial charge in [-0.1, -0.05) is 41.9 Å². The lowest BCUT2D eigenvalue weighted by Crippen LogP contribution is -2.25. The van der Waals surface area contributed by atoms with E-state index in [1.807, 2.05) is 12.1 Å². The van der Waals surface area contributed by atoms with Crippen molar-refractivity contribution in [2.75, 3.05) is 0 Å². The number of fused-ring (bicyclic) bond motifs is 1. The first kappa shape index (κ1) is 13.9. The molecule has 1 heterocycles. The molecule has 0 amide bonds. The summed E-state index contributed by atoms with van der Waals surface area (Å²) >= 11 is 7.44. The van der Waals surface area contributed by atoms with Crippen LogP contribution in [0.25, 0.3) is 0 Å². The van der Waals surface area contributed by atoms with E-state index >= 15 is 0 Å². The minimum absolute atomic E-state index is 0.0748. The third-order valence-electron chi connectivity index (χ3n) is 3.56. The van der Waals surface area contributed by atoms with Crippen LogP contribution >= 0.6 is 23.4 Å². The summed E-state index contributed by atoms with van der Waals surface area (Å²) in [5.41, 5.74) is 1.73. The average molecular weight is 309 g/mol. The Hall–Kier alpha value is -1.03. The maximum atomic E-state index is 13.9. The second kappa shape index (κ2) is 5.76. The molecule has 4 heteroatoms. The van der Waals surface area contributed by atoms with Crippen molar-refractivity contribution >= 4 is 23.4 Å². The zero-order valence-corrected chi connectivity index (χ0v) is 12.3. The number of aliphatic hydroxyl groups is 1. The van der Waals surface area contributed by atoms with E-state index in [0.717, 1.165) is 6.42 Å². The van der Waals surface area contributed by atoms with Gasteiger partial charge >= 0.3 is 0 Å². The molecule has 0 fully saturated rings.